The summed E-state index contributed by atoms with van der Waals surface area (Å²) in [4.78, 5) is 34.4. The van der Waals surface area contributed by atoms with Gasteiger partial charge in [-0.1, -0.05) is 13.3 Å². The van der Waals surface area contributed by atoms with Gasteiger partial charge in [-0.15, -0.1) is 11.3 Å². The van der Waals surface area contributed by atoms with Gasteiger partial charge < -0.3 is 10.2 Å². The molecule has 1 atom stereocenters. The summed E-state index contributed by atoms with van der Waals surface area (Å²) < 4.78 is 0. The first-order valence-corrected chi connectivity index (χ1v) is 11.1. The zero-order valence-corrected chi connectivity index (χ0v) is 17.1. The number of rotatable bonds is 8. The molecule has 3 heterocycles. The smallest absolute Gasteiger partial charge is 0.261 e. The number of nitrogens with one attached hydrogen (secondary N) is 1. The van der Waals surface area contributed by atoms with Crippen molar-refractivity contribution < 1.29 is 14.4 Å². The van der Waals surface area contributed by atoms with E-state index in [9.17, 15) is 9.59 Å². The zero-order chi connectivity index (χ0) is 19.1. The quantitative estimate of drug-likeness (QED) is 0.688. The van der Waals surface area contributed by atoms with Crippen LogP contribution in [0, 0.1) is 0 Å². The molecule has 2 amide bonds. The van der Waals surface area contributed by atoms with Crippen LogP contribution in [0.15, 0.2) is 12.1 Å². The highest BCUT2D eigenvalue weighted by Crippen LogP contribution is 2.36. The maximum atomic E-state index is 12.8. The zero-order valence-electron chi connectivity index (χ0n) is 16.2. The van der Waals surface area contributed by atoms with Crippen LogP contribution in [-0.4, -0.2) is 54.6 Å². The van der Waals surface area contributed by atoms with E-state index in [1.54, 1.807) is 0 Å². The second-order valence-corrected chi connectivity index (χ2v) is 8.39. The average molecular weight is 394 g/mol. The monoisotopic (exact) mass is 393 g/mol. The van der Waals surface area contributed by atoms with Crippen LogP contribution < -0.4 is 5.32 Å². The summed E-state index contributed by atoms with van der Waals surface area (Å²) in [5.41, 5.74) is 0. The van der Waals surface area contributed by atoms with E-state index < -0.39 is 0 Å². The molecule has 2 aliphatic rings. The van der Waals surface area contributed by atoms with Crippen LogP contribution in [0.3, 0.4) is 0 Å². The van der Waals surface area contributed by atoms with Gasteiger partial charge in [0.25, 0.3) is 5.91 Å². The van der Waals surface area contributed by atoms with Crippen LogP contribution in [0.25, 0.3) is 0 Å². The summed E-state index contributed by atoms with van der Waals surface area (Å²) >= 11 is 1.52. The minimum absolute atomic E-state index is 0.00202. The van der Waals surface area contributed by atoms with Crippen molar-refractivity contribution in [2.45, 2.75) is 57.9 Å². The van der Waals surface area contributed by atoms with E-state index in [4.69, 9.17) is 4.84 Å². The SMILES string of the molecule is CCCCNC(=O)c1ccc([C@@H]2CCCN2C(=O)CCN2CCCCO2)s1. The van der Waals surface area contributed by atoms with Crippen LogP contribution >= 0.6 is 11.3 Å². The number of nitrogens with zero attached hydrogens (tertiary/aromatic N) is 2. The van der Waals surface area contributed by atoms with Crippen molar-refractivity contribution in [3.8, 4) is 0 Å². The second kappa shape index (κ2) is 10.2. The lowest BCUT2D eigenvalue weighted by atomic mass is 10.2. The number of unbranched alkanes of at least 4 members (excludes halogenated alkanes) is 1. The molecule has 0 bridgehead atoms. The van der Waals surface area contributed by atoms with Crippen LogP contribution in [0.5, 0.6) is 0 Å². The molecule has 0 spiro atoms. The van der Waals surface area contributed by atoms with Crippen molar-refractivity contribution in [3.05, 3.63) is 21.9 Å². The van der Waals surface area contributed by atoms with E-state index in [1.165, 1.54) is 11.3 Å². The summed E-state index contributed by atoms with van der Waals surface area (Å²) in [6, 6.07) is 4.02. The molecular weight excluding hydrogens is 362 g/mol. The van der Waals surface area contributed by atoms with E-state index in [0.717, 1.165) is 74.5 Å². The van der Waals surface area contributed by atoms with E-state index in [2.05, 4.69) is 12.2 Å². The van der Waals surface area contributed by atoms with Crippen LogP contribution in [0.2, 0.25) is 0 Å². The molecule has 3 rings (SSSR count). The molecule has 1 N–H and O–H groups in total. The van der Waals surface area contributed by atoms with Gasteiger partial charge in [0, 0.05) is 37.5 Å². The van der Waals surface area contributed by atoms with Crippen molar-refractivity contribution in [2.24, 2.45) is 0 Å². The highest BCUT2D eigenvalue weighted by molar-refractivity contribution is 7.14. The fourth-order valence-electron chi connectivity index (χ4n) is 3.67. The Balaban J connectivity index is 1.54. The Morgan fingerprint density at radius 1 is 1.26 bits per heavy atom. The van der Waals surface area contributed by atoms with E-state index in [0.29, 0.717) is 13.0 Å². The molecular formula is C20H31N3O3S. The van der Waals surface area contributed by atoms with Gasteiger partial charge in [-0.3, -0.25) is 14.4 Å². The lowest BCUT2D eigenvalue weighted by molar-refractivity contribution is -0.182. The number of carbonyl (C=O) groups is 2. The summed E-state index contributed by atoms with van der Waals surface area (Å²) in [7, 11) is 0. The average Bonchev–Trinajstić information content (AvgIpc) is 3.36. The third-order valence-electron chi connectivity index (χ3n) is 5.22. The number of likely N-dealkylation sites (tertiary alicyclic amines) is 1. The molecule has 2 saturated heterocycles. The molecule has 0 aliphatic carbocycles. The number of hydrogen-bond acceptors (Lipinski definition) is 5. The Labute approximate surface area is 165 Å². The van der Waals surface area contributed by atoms with Gasteiger partial charge in [-0.25, -0.2) is 0 Å². The van der Waals surface area contributed by atoms with Crippen LogP contribution in [0.4, 0.5) is 0 Å². The second-order valence-electron chi connectivity index (χ2n) is 7.28. The molecule has 2 fully saturated rings. The molecule has 2 aliphatic heterocycles. The van der Waals surface area contributed by atoms with Crippen LogP contribution in [0.1, 0.15) is 72.5 Å². The standard InChI is InChI=1S/C20H31N3O3S/c1-2-3-11-21-20(25)18-9-8-17(27-18)16-7-6-13-23(16)19(24)10-14-22-12-4-5-15-26-22/h8-9,16H,2-7,10-15H2,1H3,(H,21,25)/t16-/m0/s1. The number of amides is 2. The van der Waals surface area contributed by atoms with Crippen molar-refractivity contribution in [2.75, 3.05) is 32.8 Å². The molecule has 1 aromatic heterocycles. The van der Waals surface area contributed by atoms with Gasteiger partial charge >= 0.3 is 0 Å². The largest absolute Gasteiger partial charge is 0.351 e. The normalized spacial score (nSPS) is 20.8. The minimum atomic E-state index is -0.00202. The Kier molecular flexibility index (Phi) is 7.67. The summed E-state index contributed by atoms with van der Waals surface area (Å²) in [5.74, 6) is 0.187. The Bertz CT molecular complexity index is 628. The summed E-state index contributed by atoms with van der Waals surface area (Å²) in [6.45, 7) is 5.97. The first kappa shape index (κ1) is 20.3. The first-order chi connectivity index (χ1) is 13.2. The van der Waals surface area contributed by atoms with Crippen LogP contribution in [-0.2, 0) is 9.63 Å². The van der Waals surface area contributed by atoms with Gasteiger partial charge in [-0.2, -0.15) is 5.06 Å². The lowest BCUT2D eigenvalue weighted by Gasteiger charge is -2.28. The van der Waals surface area contributed by atoms with Gasteiger partial charge in [0.1, 0.15) is 0 Å². The fraction of sp³-hybridized carbons (Fsp3) is 0.700. The van der Waals surface area contributed by atoms with Gasteiger partial charge in [0.05, 0.1) is 17.5 Å². The highest BCUT2D eigenvalue weighted by Gasteiger charge is 2.31. The number of thiophene rings is 1. The van der Waals surface area contributed by atoms with Gasteiger partial charge in [0.2, 0.25) is 5.91 Å². The molecule has 0 saturated carbocycles. The lowest BCUT2D eigenvalue weighted by Crippen LogP contribution is -2.36. The van der Waals surface area contributed by atoms with E-state index in [-0.39, 0.29) is 17.9 Å². The fourth-order valence-corrected chi connectivity index (χ4v) is 4.74. The Morgan fingerprint density at radius 2 is 2.15 bits per heavy atom. The third-order valence-corrected chi connectivity index (χ3v) is 6.40. The van der Waals surface area contributed by atoms with Gasteiger partial charge in [0.15, 0.2) is 0 Å². The van der Waals surface area contributed by atoms with E-state index in [1.807, 2.05) is 22.1 Å². The topological polar surface area (TPSA) is 61.9 Å². The summed E-state index contributed by atoms with van der Waals surface area (Å²) in [6.07, 6.45) is 6.79. The molecule has 6 nitrogen and oxygen atoms in total. The van der Waals surface area contributed by atoms with Crippen molar-refractivity contribution in [1.29, 1.82) is 0 Å². The molecule has 0 radical (unpaired) electrons. The molecule has 27 heavy (non-hydrogen) atoms. The molecule has 7 heteroatoms. The first-order valence-electron chi connectivity index (χ1n) is 10.2. The highest BCUT2D eigenvalue weighted by atomic mass is 32.1. The van der Waals surface area contributed by atoms with Crippen molar-refractivity contribution >= 4 is 23.2 Å². The molecule has 1 aromatic rings. The van der Waals surface area contributed by atoms with E-state index >= 15 is 0 Å². The van der Waals surface area contributed by atoms with Crippen molar-refractivity contribution in [3.63, 3.8) is 0 Å². The maximum absolute atomic E-state index is 12.8. The Hall–Kier alpha value is -1.44. The minimum Gasteiger partial charge on any atom is -0.351 e. The number of carbonyl (C=O) groups excluding carboxylic acids is 2. The molecule has 150 valence electrons. The predicted molar refractivity (Wildman–Crippen MR) is 107 cm³/mol. The third kappa shape index (κ3) is 5.53. The predicted octanol–water partition coefficient (Wildman–Crippen LogP) is 3.36. The van der Waals surface area contributed by atoms with Crippen molar-refractivity contribution in [1.82, 2.24) is 15.3 Å². The number of hydroxylamine groups is 2. The number of hydrogen-bond donors (Lipinski definition) is 1. The maximum Gasteiger partial charge on any atom is 0.261 e. The molecule has 0 aromatic carbocycles. The van der Waals surface area contributed by atoms with Gasteiger partial charge in [-0.05, 0) is 44.2 Å². The summed E-state index contributed by atoms with van der Waals surface area (Å²) in [5, 5.41) is 4.89. The Morgan fingerprint density at radius 3 is 2.93 bits per heavy atom. The molecule has 0 unspecified atom stereocenters.